The summed E-state index contributed by atoms with van der Waals surface area (Å²) in [5, 5.41) is 12.3. The average Bonchev–Trinajstić information content (AvgIpc) is 2.45. The number of rotatable bonds is 4. The fourth-order valence-electron chi connectivity index (χ4n) is 2.61. The van der Waals surface area contributed by atoms with Gasteiger partial charge in [-0.1, -0.05) is 6.07 Å². The maximum atomic E-state index is 11.5. The average molecular weight is 307 g/mol. The van der Waals surface area contributed by atoms with E-state index < -0.39 is 10.0 Å². The number of hydrogen-bond donors (Lipinski definition) is 1. The molecule has 2 rings (SSSR count). The van der Waals surface area contributed by atoms with Gasteiger partial charge in [-0.3, -0.25) is 0 Å². The van der Waals surface area contributed by atoms with E-state index in [-0.39, 0.29) is 0 Å². The molecule has 21 heavy (non-hydrogen) atoms. The minimum Gasteiger partial charge on any atom is -0.310 e. The van der Waals surface area contributed by atoms with Gasteiger partial charge in [-0.05, 0) is 43.0 Å². The second kappa shape index (κ2) is 6.56. The highest BCUT2D eigenvalue weighted by atomic mass is 32.2. The van der Waals surface area contributed by atoms with E-state index in [9.17, 15) is 8.42 Å². The van der Waals surface area contributed by atoms with Crippen LogP contribution in [0.15, 0.2) is 18.2 Å². The van der Waals surface area contributed by atoms with E-state index in [1.54, 1.807) is 0 Å². The van der Waals surface area contributed by atoms with Crippen molar-refractivity contribution in [3.8, 4) is 6.07 Å². The Morgan fingerprint density at radius 2 is 2.05 bits per heavy atom. The van der Waals surface area contributed by atoms with Gasteiger partial charge in [-0.15, -0.1) is 0 Å². The number of aryl methyl sites for hydroxylation is 1. The van der Waals surface area contributed by atoms with Crippen molar-refractivity contribution in [1.82, 2.24) is 9.62 Å². The summed E-state index contributed by atoms with van der Waals surface area (Å²) >= 11 is 0. The minimum absolute atomic E-state index is 0.345. The van der Waals surface area contributed by atoms with Crippen molar-refractivity contribution in [2.75, 3.05) is 19.3 Å². The SMILES string of the molecule is Cc1cc(C#N)ccc1CNC1CCN(S(C)(=O)=O)CC1. The van der Waals surface area contributed by atoms with Crippen LogP contribution in [0, 0.1) is 18.3 Å². The summed E-state index contributed by atoms with van der Waals surface area (Å²) in [7, 11) is -3.06. The van der Waals surface area contributed by atoms with Gasteiger partial charge in [0.15, 0.2) is 0 Å². The maximum Gasteiger partial charge on any atom is 0.211 e. The molecule has 6 heteroatoms. The van der Waals surface area contributed by atoms with E-state index in [1.807, 2.05) is 25.1 Å². The first kappa shape index (κ1) is 16.0. The normalized spacial score (nSPS) is 17.6. The Labute approximate surface area is 126 Å². The lowest BCUT2D eigenvalue weighted by Crippen LogP contribution is -2.44. The van der Waals surface area contributed by atoms with Gasteiger partial charge < -0.3 is 5.32 Å². The number of hydrogen-bond acceptors (Lipinski definition) is 4. The monoisotopic (exact) mass is 307 g/mol. The molecule has 1 aliphatic heterocycles. The number of nitriles is 1. The first-order chi connectivity index (χ1) is 9.90. The molecular weight excluding hydrogens is 286 g/mol. The Morgan fingerprint density at radius 1 is 1.38 bits per heavy atom. The molecule has 1 aliphatic rings. The van der Waals surface area contributed by atoms with Gasteiger partial charge in [-0.25, -0.2) is 12.7 Å². The molecule has 0 radical (unpaired) electrons. The van der Waals surface area contributed by atoms with Crippen LogP contribution in [0.1, 0.15) is 29.5 Å². The number of piperidine rings is 1. The van der Waals surface area contributed by atoms with E-state index in [4.69, 9.17) is 5.26 Å². The fraction of sp³-hybridized carbons (Fsp3) is 0.533. The Kier molecular flexibility index (Phi) is 4.99. The lowest BCUT2D eigenvalue weighted by molar-refractivity contribution is 0.290. The van der Waals surface area contributed by atoms with Crippen molar-refractivity contribution in [2.45, 2.75) is 32.4 Å². The highest BCUT2D eigenvalue weighted by Gasteiger charge is 2.24. The van der Waals surface area contributed by atoms with E-state index in [1.165, 1.54) is 16.1 Å². The van der Waals surface area contributed by atoms with Crippen molar-refractivity contribution >= 4 is 10.0 Å². The van der Waals surface area contributed by atoms with Crippen LogP contribution in [0.2, 0.25) is 0 Å². The topological polar surface area (TPSA) is 73.2 Å². The van der Waals surface area contributed by atoms with Gasteiger partial charge in [0, 0.05) is 25.7 Å². The third kappa shape index (κ3) is 4.27. The third-order valence-electron chi connectivity index (χ3n) is 3.98. The molecule has 1 aromatic rings. The standard InChI is InChI=1S/C15H21N3O2S/c1-12-9-13(10-16)3-4-14(12)11-17-15-5-7-18(8-6-15)21(2,19)20/h3-4,9,15,17H,5-8,11H2,1-2H3. The van der Waals surface area contributed by atoms with E-state index in [2.05, 4.69) is 11.4 Å². The predicted molar refractivity (Wildman–Crippen MR) is 82.2 cm³/mol. The molecule has 0 bridgehead atoms. The van der Waals surface area contributed by atoms with Crippen molar-refractivity contribution in [3.05, 3.63) is 34.9 Å². The Hall–Kier alpha value is -1.42. The van der Waals surface area contributed by atoms with Crippen LogP contribution in [0.4, 0.5) is 0 Å². The highest BCUT2D eigenvalue weighted by molar-refractivity contribution is 7.88. The van der Waals surface area contributed by atoms with Crippen LogP contribution >= 0.6 is 0 Å². The van der Waals surface area contributed by atoms with Crippen molar-refractivity contribution in [3.63, 3.8) is 0 Å². The molecule has 0 saturated carbocycles. The first-order valence-electron chi connectivity index (χ1n) is 7.08. The molecule has 1 saturated heterocycles. The van der Waals surface area contributed by atoms with Crippen LogP contribution in [0.3, 0.4) is 0 Å². The molecule has 1 heterocycles. The minimum atomic E-state index is -3.06. The Morgan fingerprint density at radius 3 is 2.57 bits per heavy atom. The lowest BCUT2D eigenvalue weighted by atomic mass is 10.0. The maximum absolute atomic E-state index is 11.5. The molecular formula is C15H21N3O2S. The fourth-order valence-corrected chi connectivity index (χ4v) is 3.48. The van der Waals surface area contributed by atoms with Crippen LogP contribution in [-0.4, -0.2) is 38.1 Å². The molecule has 0 aliphatic carbocycles. The van der Waals surface area contributed by atoms with Crippen LogP contribution in [-0.2, 0) is 16.6 Å². The van der Waals surface area contributed by atoms with E-state index in [0.717, 1.165) is 24.9 Å². The molecule has 1 aromatic carbocycles. The third-order valence-corrected chi connectivity index (χ3v) is 5.28. The zero-order chi connectivity index (χ0) is 15.5. The largest absolute Gasteiger partial charge is 0.310 e. The number of nitrogens with zero attached hydrogens (tertiary/aromatic N) is 2. The summed E-state index contributed by atoms with van der Waals surface area (Å²) in [6, 6.07) is 8.18. The number of nitrogens with one attached hydrogen (secondary N) is 1. The van der Waals surface area contributed by atoms with Crippen molar-refractivity contribution in [2.24, 2.45) is 0 Å². The molecule has 1 fully saturated rings. The molecule has 0 amide bonds. The lowest BCUT2D eigenvalue weighted by Gasteiger charge is -2.30. The predicted octanol–water partition coefficient (Wildman–Crippen LogP) is 1.38. The summed E-state index contributed by atoms with van der Waals surface area (Å²) in [5.74, 6) is 0. The van der Waals surface area contributed by atoms with E-state index >= 15 is 0 Å². The quantitative estimate of drug-likeness (QED) is 0.912. The van der Waals surface area contributed by atoms with Crippen molar-refractivity contribution in [1.29, 1.82) is 5.26 Å². The molecule has 1 N–H and O–H groups in total. The van der Waals surface area contributed by atoms with Crippen LogP contribution < -0.4 is 5.32 Å². The smallest absolute Gasteiger partial charge is 0.211 e. The van der Waals surface area contributed by atoms with Crippen molar-refractivity contribution < 1.29 is 8.42 Å². The van der Waals surface area contributed by atoms with Gasteiger partial charge in [0.05, 0.1) is 17.9 Å². The molecule has 5 nitrogen and oxygen atoms in total. The highest BCUT2D eigenvalue weighted by Crippen LogP contribution is 2.15. The van der Waals surface area contributed by atoms with E-state index in [0.29, 0.717) is 24.7 Å². The Bertz CT molecular complexity index is 641. The Balaban J connectivity index is 1.87. The summed E-state index contributed by atoms with van der Waals surface area (Å²) in [6.07, 6.45) is 2.94. The summed E-state index contributed by atoms with van der Waals surface area (Å²) in [6.45, 7) is 3.93. The van der Waals surface area contributed by atoms with Gasteiger partial charge in [0.2, 0.25) is 10.0 Å². The van der Waals surface area contributed by atoms with Gasteiger partial charge in [-0.2, -0.15) is 5.26 Å². The number of benzene rings is 1. The van der Waals surface area contributed by atoms with Gasteiger partial charge in [0.25, 0.3) is 0 Å². The number of sulfonamides is 1. The summed E-state index contributed by atoms with van der Waals surface area (Å²) < 4.78 is 24.5. The first-order valence-corrected chi connectivity index (χ1v) is 8.93. The summed E-state index contributed by atoms with van der Waals surface area (Å²) in [4.78, 5) is 0. The molecule has 0 atom stereocenters. The molecule has 114 valence electrons. The van der Waals surface area contributed by atoms with Gasteiger partial charge in [0.1, 0.15) is 0 Å². The molecule has 0 aromatic heterocycles. The zero-order valence-corrected chi connectivity index (χ0v) is 13.3. The molecule has 0 spiro atoms. The van der Waals surface area contributed by atoms with Crippen LogP contribution in [0.25, 0.3) is 0 Å². The zero-order valence-electron chi connectivity index (χ0n) is 12.5. The molecule has 0 unspecified atom stereocenters. The second-order valence-corrected chi connectivity index (χ2v) is 7.55. The van der Waals surface area contributed by atoms with Gasteiger partial charge >= 0.3 is 0 Å². The second-order valence-electron chi connectivity index (χ2n) is 5.57. The van der Waals surface area contributed by atoms with Crippen LogP contribution in [0.5, 0.6) is 0 Å². The summed E-state index contributed by atoms with van der Waals surface area (Å²) in [5.41, 5.74) is 2.97.